The van der Waals surface area contributed by atoms with Gasteiger partial charge in [0.2, 0.25) is 0 Å². The van der Waals surface area contributed by atoms with E-state index >= 15 is 0 Å². The molecule has 0 bridgehead atoms. The molecule has 0 aromatic carbocycles. The number of hydrogen-bond acceptors (Lipinski definition) is 3. The molecule has 1 rings (SSSR count). The third-order valence-corrected chi connectivity index (χ3v) is 3.75. The molecule has 2 nitrogen and oxygen atoms in total. The number of aromatic nitrogens is 1. The zero-order valence-electron chi connectivity index (χ0n) is 13.1. The molecule has 0 aliphatic heterocycles. The maximum absolute atomic E-state index is 4.58. The number of hydrogen-bond donors (Lipinski definition) is 0. The Morgan fingerprint density at radius 3 is 2.53 bits per heavy atom. The molecule has 1 aromatic heterocycles. The third-order valence-electron chi connectivity index (χ3n) is 2.87. The lowest BCUT2D eigenvalue weighted by atomic mass is 9.89. The van der Waals surface area contributed by atoms with Crippen LogP contribution in [0.3, 0.4) is 0 Å². The largest absolute Gasteiger partial charge is 0.300 e. The van der Waals surface area contributed by atoms with Gasteiger partial charge in [0.05, 0.1) is 5.69 Å². The van der Waals surface area contributed by atoms with Crippen LogP contribution in [0, 0.1) is 5.41 Å². The van der Waals surface area contributed by atoms with Crippen molar-refractivity contribution in [1.82, 2.24) is 9.88 Å². The van der Waals surface area contributed by atoms with Gasteiger partial charge in [0.1, 0.15) is 0 Å². The van der Waals surface area contributed by atoms with Crippen LogP contribution in [0.2, 0.25) is 0 Å². The fourth-order valence-corrected chi connectivity index (χ4v) is 2.72. The Labute approximate surface area is 123 Å². The quantitative estimate of drug-likeness (QED) is 0.706. The fourth-order valence-electron chi connectivity index (χ4n) is 1.99. The molecule has 0 saturated heterocycles. The first kappa shape index (κ1) is 16.5. The molecule has 0 aliphatic carbocycles. The molecule has 3 heteroatoms. The molecular formula is C16H28N2S. The Bertz CT molecular complexity index is 354. The average Bonchev–Trinajstić information content (AvgIpc) is 2.30. The van der Waals surface area contributed by atoms with Crippen molar-refractivity contribution in [3.05, 3.63) is 29.6 Å². The molecule has 108 valence electrons. The molecule has 0 amide bonds. The van der Waals surface area contributed by atoms with E-state index < -0.39 is 0 Å². The lowest BCUT2D eigenvalue weighted by Gasteiger charge is -2.19. The summed E-state index contributed by atoms with van der Waals surface area (Å²) in [6.45, 7) is 11.1. The molecule has 0 fully saturated rings. The topological polar surface area (TPSA) is 16.1 Å². The summed E-state index contributed by atoms with van der Waals surface area (Å²) >= 11 is 1.99. The Balaban J connectivity index is 2.43. The van der Waals surface area contributed by atoms with E-state index in [1.165, 1.54) is 22.8 Å². The molecule has 0 N–H and O–H groups in total. The highest BCUT2D eigenvalue weighted by molar-refractivity contribution is 7.99. The first-order valence-corrected chi connectivity index (χ1v) is 8.26. The van der Waals surface area contributed by atoms with Gasteiger partial charge in [-0.25, -0.2) is 0 Å². The van der Waals surface area contributed by atoms with Gasteiger partial charge in [-0.15, -0.1) is 0 Å². The zero-order chi connectivity index (χ0) is 14.3. The normalized spacial score (nSPS) is 12.1. The summed E-state index contributed by atoms with van der Waals surface area (Å²) < 4.78 is 0. The second-order valence-corrected chi connectivity index (χ2v) is 7.72. The molecule has 0 unspecified atom stereocenters. The highest BCUT2D eigenvalue weighted by atomic mass is 32.2. The summed E-state index contributed by atoms with van der Waals surface area (Å²) in [6.07, 6.45) is 3.12. The Morgan fingerprint density at radius 2 is 2.00 bits per heavy atom. The molecule has 0 aliphatic rings. The first-order chi connectivity index (χ1) is 8.90. The predicted octanol–water partition coefficient (Wildman–Crippen LogP) is 3.86. The molecular weight excluding hydrogens is 252 g/mol. The summed E-state index contributed by atoms with van der Waals surface area (Å²) in [4.78, 5) is 6.92. The van der Waals surface area contributed by atoms with E-state index in [4.69, 9.17) is 0 Å². The minimum absolute atomic E-state index is 0.331. The number of nitrogens with zero attached hydrogens (tertiary/aromatic N) is 2. The van der Waals surface area contributed by atoms with Gasteiger partial charge in [-0.2, -0.15) is 11.8 Å². The Morgan fingerprint density at radius 1 is 1.26 bits per heavy atom. The van der Waals surface area contributed by atoms with Gasteiger partial charge in [0.25, 0.3) is 0 Å². The van der Waals surface area contributed by atoms with Crippen molar-refractivity contribution in [1.29, 1.82) is 0 Å². The van der Waals surface area contributed by atoms with Crippen LogP contribution in [-0.2, 0) is 13.0 Å². The number of pyridine rings is 1. The van der Waals surface area contributed by atoms with Crippen LogP contribution >= 0.6 is 11.8 Å². The summed E-state index contributed by atoms with van der Waals surface area (Å²) in [7, 11) is 2.17. The monoisotopic (exact) mass is 280 g/mol. The van der Waals surface area contributed by atoms with Crippen LogP contribution in [0.15, 0.2) is 18.3 Å². The molecule has 1 heterocycles. The smallest absolute Gasteiger partial charge is 0.0544 e. The van der Waals surface area contributed by atoms with Crippen molar-refractivity contribution in [3.63, 3.8) is 0 Å². The minimum atomic E-state index is 0.331. The van der Waals surface area contributed by atoms with Gasteiger partial charge in [-0.3, -0.25) is 9.88 Å². The highest BCUT2D eigenvalue weighted by Gasteiger charge is 2.11. The fraction of sp³-hybridized carbons (Fsp3) is 0.688. The minimum Gasteiger partial charge on any atom is -0.300 e. The van der Waals surface area contributed by atoms with Crippen molar-refractivity contribution in [3.8, 4) is 0 Å². The predicted molar refractivity (Wildman–Crippen MR) is 86.7 cm³/mol. The summed E-state index contributed by atoms with van der Waals surface area (Å²) in [5.41, 5.74) is 2.83. The van der Waals surface area contributed by atoms with E-state index in [0.717, 1.165) is 19.5 Å². The van der Waals surface area contributed by atoms with Crippen molar-refractivity contribution in [2.75, 3.05) is 25.1 Å². The van der Waals surface area contributed by atoms with Crippen LogP contribution < -0.4 is 0 Å². The van der Waals surface area contributed by atoms with Gasteiger partial charge >= 0.3 is 0 Å². The van der Waals surface area contributed by atoms with Crippen molar-refractivity contribution in [2.24, 2.45) is 5.41 Å². The Hall–Kier alpha value is -0.540. The van der Waals surface area contributed by atoms with E-state index in [2.05, 4.69) is 56.8 Å². The molecule has 0 atom stereocenters. The first-order valence-electron chi connectivity index (χ1n) is 7.11. The lowest BCUT2D eigenvalue weighted by molar-refractivity contribution is 0.344. The van der Waals surface area contributed by atoms with Crippen LogP contribution in [0.1, 0.15) is 39.0 Å². The average molecular weight is 280 g/mol. The summed E-state index contributed by atoms with van der Waals surface area (Å²) in [6, 6.07) is 4.40. The van der Waals surface area contributed by atoms with Crippen LogP contribution in [0.5, 0.6) is 0 Å². The van der Waals surface area contributed by atoms with Gasteiger partial charge < -0.3 is 0 Å². The van der Waals surface area contributed by atoms with Gasteiger partial charge in [-0.05, 0) is 36.3 Å². The van der Waals surface area contributed by atoms with E-state index in [9.17, 15) is 0 Å². The molecule has 0 saturated carbocycles. The standard InChI is InChI=1S/C16H28N2S/c1-6-19-10-9-18(5)13-15-8-7-14(12-17-15)11-16(2,3)4/h7-8,12H,6,9-11,13H2,1-5H3. The summed E-state index contributed by atoms with van der Waals surface area (Å²) in [5, 5.41) is 0. The van der Waals surface area contributed by atoms with Crippen LogP contribution in [0.25, 0.3) is 0 Å². The molecule has 19 heavy (non-hydrogen) atoms. The number of thioether (sulfide) groups is 1. The van der Waals surface area contributed by atoms with Crippen LogP contribution in [-0.4, -0.2) is 35.0 Å². The molecule has 0 spiro atoms. The van der Waals surface area contributed by atoms with E-state index in [1.54, 1.807) is 0 Å². The molecule has 0 radical (unpaired) electrons. The maximum atomic E-state index is 4.58. The van der Waals surface area contributed by atoms with Gasteiger partial charge in [-0.1, -0.05) is 33.8 Å². The van der Waals surface area contributed by atoms with E-state index in [0.29, 0.717) is 5.41 Å². The highest BCUT2D eigenvalue weighted by Crippen LogP contribution is 2.20. The van der Waals surface area contributed by atoms with E-state index in [-0.39, 0.29) is 0 Å². The van der Waals surface area contributed by atoms with Crippen molar-refractivity contribution in [2.45, 2.75) is 40.7 Å². The van der Waals surface area contributed by atoms with Crippen molar-refractivity contribution < 1.29 is 0 Å². The maximum Gasteiger partial charge on any atom is 0.0544 e. The van der Waals surface area contributed by atoms with Gasteiger partial charge in [0.15, 0.2) is 0 Å². The zero-order valence-corrected chi connectivity index (χ0v) is 13.9. The lowest BCUT2D eigenvalue weighted by Crippen LogP contribution is -2.21. The second kappa shape index (κ2) is 7.91. The second-order valence-electron chi connectivity index (χ2n) is 6.33. The molecule has 1 aromatic rings. The third kappa shape index (κ3) is 7.58. The number of rotatable bonds is 7. The van der Waals surface area contributed by atoms with E-state index in [1.807, 2.05) is 18.0 Å². The van der Waals surface area contributed by atoms with Crippen LogP contribution in [0.4, 0.5) is 0 Å². The Kier molecular flexibility index (Phi) is 6.87. The van der Waals surface area contributed by atoms with Crippen molar-refractivity contribution >= 4 is 11.8 Å². The summed E-state index contributed by atoms with van der Waals surface area (Å²) in [5.74, 6) is 2.41. The van der Waals surface area contributed by atoms with Gasteiger partial charge in [0, 0.05) is 25.0 Å². The SMILES string of the molecule is CCSCCN(C)Cc1ccc(CC(C)(C)C)cn1.